The van der Waals surface area contributed by atoms with Crippen molar-refractivity contribution in [3.05, 3.63) is 182 Å². The van der Waals surface area contributed by atoms with E-state index in [9.17, 15) is 0 Å². The van der Waals surface area contributed by atoms with Gasteiger partial charge in [0.1, 0.15) is 22.3 Å². The molecule has 12 aromatic rings. The molecular weight excluding hydrogens is 701 g/mol. The van der Waals surface area contributed by atoms with Crippen LogP contribution in [0.1, 0.15) is 0 Å². The Balaban J connectivity index is 1.00. The van der Waals surface area contributed by atoms with Gasteiger partial charge in [-0.2, -0.15) is 0 Å². The second kappa shape index (κ2) is 12.3. The highest BCUT2D eigenvalue weighted by molar-refractivity contribution is 6.16. The number of para-hydroxylation sites is 3. The zero-order valence-electron chi connectivity index (χ0n) is 30.4. The van der Waals surface area contributed by atoms with Crippen LogP contribution in [0.2, 0.25) is 0 Å². The van der Waals surface area contributed by atoms with Gasteiger partial charge in [-0.1, -0.05) is 127 Å². The van der Waals surface area contributed by atoms with Crippen molar-refractivity contribution in [3.8, 4) is 51.0 Å². The summed E-state index contributed by atoms with van der Waals surface area (Å²) < 4.78 is 15.6. The van der Waals surface area contributed by atoms with Gasteiger partial charge in [0.15, 0.2) is 17.5 Å². The SMILES string of the molecule is c1ccc(-c2nc(-c3ccccc3)nc(-c3cccc4c3oc3cccc(-c5ccc6oc7cc(-n8c9ccccc9c9ccccc98)ccc7c6c5)c34)n2)cc1. The summed E-state index contributed by atoms with van der Waals surface area (Å²) in [6.45, 7) is 0. The molecule has 0 saturated carbocycles. The van der Waals surface area contributed by atoms with Gasteiger partial charge in [-0.05, 0) is 59.7 Å². The van der Waals surface area contributed by atoms with Gasteiger partial charge in [0, 0.05) is 55.2 Å². The van der Waals surface area contributed by atoms with E-state index in [1.54, 1.807) is 0 Å². The maximum atomic E-state index is 6.72. The summed E-state index contributed by atoms with van der Waals surface area (Å²) >= 11 is 0. The molecule has 0 spiro atoms. The van der Waals surface area contributed by atoms with Crippen LogP contribution in [-0.4, -0.2) is 19.5 Å². The molecule has 266 valence electrons. The number of hydrogen-bond acceptors (Lipinski definition) is 5. The van der Waals surface area contributed by atoms with Crippen molar-refractivity contribution in [2.75, 3.05) is 0 Å². The van der Waals surface area contributed by atoms with Crippen LogP contribution in [0.4, 0.5) is 0 Å². The minimum absolute atomic E-state index is 0.556. The third kappa shape index (κ3) is 4.94. The first-order valence-corrected chi connectivity index (χ1v) is 19.0. The second-order valence-electron chi connectivity index (χ2n) is 14.4. The highest BCUT2D eigenvalue weighted by atomic mass is 16.3. The maximum Gasteiger partial charge on any atom is 0.167 e. The molecule has 4 heterocycles. The Morgan fingerprint density at radius 2 is 0.965 bits per heavy atom. The van der Waals surface area contributed by atoms with E-state index in [4.69, 9.17) is 23.8 Å². The predicted octanol–water partition coefficient (Wildman–Crippen LogP) is 13.4. The molecule has 0 radical (unpaired) electrons. The van der Waals surface area contributed by atoms with Gasteiger partial charge in [-0.25, -0.2) is 15.0 Å². The molecule has 6 nitrogen and oxygen atoms in total. The normalized spacial score (nSPS) is 11.9. The Kier molecular flexibility index (Phi) is 6.83. The van der Waals surface area contributed by atoms with Gasteiger partial charge in [-0.3, -0.25) is 0 Å². The third-order valence-electron chi connectivity index (χ3n) is 11.1. The largest absolute Gasteiger partial charge is 0.456 e. The number of rotatable bonds is 5. The molecule has 4 aromatic heterocycles. The average Bonchev–Trinajstić information content (AvgIpc) is 3.96. The van der Waals surface area contributed by atoms with Gasteiger partial charge in [-0.15, -0.1) is 0 Å². The van der Waals surface area contributed by atoms with E-state index >= 15 is 0 Å². The highest BCUT2D eigenvalue weighted by Gasteiger charge is 2.21. The van der Waals surface area contributed by atoms with Crippen LogP contribution in [0.3, 0.4) is 0 Å². The van der Waals surface area contributed by atoms with Crippen molar-refractivity contribution >= 4 is 65.7 Å². The topological polar surface area (TPSA) is 69.9 Å². The molecule has 6 heteroatoms. The fourth-order valence-electron chi connectivity index (χ4n) is 8.47. The van der Waals surface area contributed by atoms with Crippen LogP contribution >= 0.6 is 0 Å². The molecule has 0 aliphatic rings. The fraction of sp³-hybridized carbons (Fsp3) is 0. The molecule has 0 atom stereocenters. The third-order valence-corrected chi connectivity index (χ3v) is 11.1. The van der Waals surface area contributed by atoms with E-state index in [2.05, 4.69) is 114 Å². The van der Waals surface area contributed by atoms with Gasteiger partial charge in [0.05, 0.1) is 16.6 Å². The number of nitrogens with zero attached hydrogens (tertiary/aromatic N) is 4. The molecule has 0 aliphatic heterocycles. The molecule has 8 aromatic carbocycles. The molecule has 12 rings (SSSR count). The highest BCUT2D eigenvalue weighted by Crippen LogP contribution is 2.42. The van der Waals surface area contributed by atoms with E-state index < -0.39 is 0 Å². The molecule has 0 bridgehead atoms. The summed E-state index contributed by atoms with van der Waals surface area (Å²) in [6.07, 6.45) is 0. The van der Waals surface area contributed by atoms with E-state index in [1.807, 2.05) is 72.8 Å². The Hall–Kier alpha value is -7.83. The Labute approximate surface area is 325 Å². The minimum atomic E-state index is 0.556. The number of benzene rings is 8. The molecule has 0 amide bonds. The molecule has 57 heavy (non-hydrogen) atoms. The van der Waals surface area contributed by atoms with Crippen molar-refractivity contribution in [2.24, 2.45) is 0 Å². The quantitative estimate of drug-likeness (QED) is 0.176. The first-order chi connectivity index (χ1) is 28.2. The van der Waals surface area contributed by atoms with Crippen molar-refractivity contribution in [1.29, 1.82) is 0 Å². The molecule has 0 aliphatic carbocycles. The van der Waals surface area contributed by atoms with E-state index in [0.29, 0.717) is 17.5 Å². The Morgan fingerprint density at radius 3 is 1.68 bits per heavy atom. The van der Waals surface area contributed by atoms with Crippen molar-refractivity contribution in [2.45, 2.75) is 0 Å². The summed E-state index contributed by atoms with van der Waals surface area (Å²) in [7, 11) is 0. The number of furan rings is 2. The van der Waals surface area contributed by atoms with Crippen molar-refractivity contribution in [3.63, 3.8) is 0 Å². The van der Waals surface area contributed by atoms with E-state index in [-0.39, 0.29) is 0 Å². The predicted molar refractivity (Wildman–Crippen MR) is 230 cm³/mol. The molecule has 0 fully saturated rings. The van der Waals surface area contributed by atoms with Crippen molar-refractivity contribution < 1.29 is 8.83 Å². The molecule has 0 N–H and O–H groups in total. The first kappa shape index (κ1) is 31.5. The van der Waals surface area contributed by atoms with Crippen LogP contribution in [0.15, 0.2) is 191 Å². The lowest BCUT2D eigenvalue weighted by Gasteiger charge is -2.08. The number of hydrogen-bond donors (Lipinski definition) is 0. The van der Waals surface area contributed by atoms with Crippen LogP contribution in [-0.2, 0) is 0 Å². The summed E-state index contributed by atoms with van der Waals surface area (Å²) in [5.74, 6) is 1.77. The lowest BCUT2D eigenvalue weighted by molar-refractivity contribution is 0.668. The van der Waals surface area contributed by atoms with Gasteiger partial charge in [0.25, 0.3) is 0 Å². The van der Waals surface area contributed by atoms with Crippen LogP contribution in [0.5, 0.6) is 0 Å². The standard InChI is InChI=1S/C51H30N4O2/c1-3-13-31(14-4-1)49-52-50(32-15-5-2-6-16-32)54-51(53-49)40-21-11-20-39-47-35(19-12-24-45(47)57-48(39)40)33-25-28-44-41(29-33)38-27-26-34(30-46(38)56-44)55-42-22-9-7-17-36(42)37-18-8-10-23-43(37)55/h1-30H. The summed E-state index contributed by atoms with van der Waals surface area (Å²) in [5, 5.41) is 6.63. The van der Waals surface area contributed by atoms with Gasteiger partial charge in [0.2, 0.25) is 0 Å². The van der Waals surface area contributed by atoms with Crippen LogP contribution < -0.4 is 0 Å². The number of aromatic nitrogens is 4. The van der Waals surface area contributed by atoms with Crippen LogP contribution in [0, 0.1) is 0 Å². The molecular formula is C51H30N4O2. The summed E-state index contributed by atoms with van der Waals surface area (Å²) in [4.78, 5) is 14.9. The second-order valence-corrected chi connectivity index (χ2v) is 14.4. The number of fused-ring (bicyclic) bond motifs is 9. The first-order valence-electron chi connectivity index (χ1n) is 19.0. The van der Waals surface area contributed by atoms with Crippen molar-refractivity contribution in [1.82, 2.24) is 19.5 Å². The zero-order chi connectivity index (χ0) is 37.5. The minimum Gasteiger partial charge on any atom is -0.456 e. The van der Waals surface area contributed by atoms with E-state index in [1.165, 1.54) is 21.8 Å². The van der Waals surface area contributed by atoms with E-state index in [0.717, 1.165) is 77.4 Å². The van der Waals surface area contributed by atoms with Gasteiger partial charge >= 0.3 is 0 Å². The Bertz CT molecular complexity index is 3410. The lowest BCUT2D eigenvalue weighted by Crippen LogP contribution is -2.00. The Morgan fingerprint density at radius 1 is 0.351 bits per heavy atom. The van der Waals surface area contributed by atoms with Crippen LogP contribution in [0.25, 0.3) is 117 Å². The zero-order valence-corrected chi connectivity index (χ0v) is 30.4. The monoisotopic (exact) mass is 730 g/mol. The molecule has 0 saturated heterocycles. The summed E-state index contributed by atoms with van der Waals surface area (Å²) in [5.41, 5.74) is 11.4. The molecule has 0 unspecified atom stereocenters. The fourth-order valence-corrected chi connectivity index (χ4v) is 8.47. The maximum absolute atomic E-state index is 6.72. The smallest absolute Gasteiger partial charge is 0.167 e. The summed E-state index contributed by atoms with van der Waals surface area (Å²) in [6, 6.07) is 62.7. The average molecular weight is 731 g/mol. The lowest BCUT2D eigenvalue weighted by atomic mass is 9.97. The van der Waals surface area contributed by atoms with Gasteiger partial charge < -0.3 is 13.4 Å².